The maximum Gasteiger partial charge on any atom is 0.226 e. The first-order valence-corrected chi connectivity index (χ1v) is 6.37. The number of nitrogens with zero attached hydrogens (tertiary/aromatic N) is 2. The van der Waals surface area contributed by atoms with Crippen LogP contribution in [0, 0.1) is 19.3 Å². The average Bonchev–Trinajstić information content (AvgIpc) is 2.53. The van der Waals surface area contributed by atoms with Crippen molar-refractivity contribution < 1.29 is 4.79 Å². The first-order chi connectivity index (χ1) is 8.78. The number of aryl methyl sites for hydroxylation is 2. The number of carbonyl (C=O) groups is 1. The zero-order valence-corrected chi connectivity index (χ0v) is 12.1. The maximum absolute atomic E-state index is 12.0. The summed E-state index contributed by atoms with van der Waals surface area (Å²) in [4.78, 5) is 23.6. The molecule has 1 amide bonds. The molecule has 0 saturated carbocycles. The Bertz CT molecular complexity index is 622. The monoisotopic (exact) mass is 260 g/mol. The van der Waals surface area contributed by atoms with Gasteiger partial charge in [0, 0.05) is 12.1 Å². The van der Waals surface area contributed by atoms with Crippen molar-refractivity contribution in [3.63, 3.8) is 0 Å². The summed E-state index contributed by atoms with van der Waals surface area (Å²) in [5.74, 6) is 0.562. The van der Waals surface area contributed by atoms with E-state index in [0.717, 1.165) is 22.3 Å². The first kappa shape index (κ1) is 13.5. The second-order valence-corrected chi connectivity index (χ2v) is 6.11. The van der Waals surface area contributed by atoms with Gasteiger partial charge in [0.05, 0.1) is 5.39 Å². The summed E-state index contributed by atoms with van der Waals surface area (Å²) in [6.07, 6.45) is 1.92. The predicted octanol–water partition coefficient (Wildman–Crippen LogP) is 2.95. The molecule has 2 N–H and O–H groups in total. The van der Waals surface area contributed by atoms with E-state index in [1.54, 1.807) is 0 Å². The molecule has 0 unspecified atom stereocenters. The number of hydrogen-bond donors (Lipinski definition) is 2. The van der Waals surface area contributed by atoms with Crippen molar-refractivity contribution in [1.82, 2.24) is 15.0 Å². The summed E-state index contributed by atoms with van der Waals surface area (Å²) in [6, 6.07) is 0. The zero-order chi connectivity index (χ0) is 14.2. The number of hydrogen-bond acceptors (Lipinski definition) is 3. The third-order valence-electron chi connectivity index (χ3n) is 3.04. The Morgan fingerprint density at radius 1 is 1.32 bits per heavy atom. The smallest absolute Gasteiger partial charge is 0.226 e. The van der Waals surface area contributed by atoms with Crippen LogP contribution >= 0.6 is 0 Å². The SMILES string of the molecule is Cc1[nH]c2ncnc(NC(=O)CC(C)(C)C)c2c1C. The molecule has 0 atom stereocenters. The van der Waals surface area contributed by atoms with Gasteiger partial charge in [-0.05, 0) is 24.8 Å². The number of aromatic amines is 1. The third kappa shape index (κ3) is 2.92. The van der Waals surface area contributed by atoms with E-state index in [4.69, 9.17) is 0 Å². The van der Waals surface area contributed by atoms with Gasteiger partial charge in [0.15, 0.2) is 0 Å². The van der Waals surface area contributed by atoms with Gasteiger partial charge in [0.1, 0.15) is 17.8 Å². The highest BCUT2D eigenvalue weighted by atomic mass is 16.1. The van der Waals surface area contributed by atoms with E-state index in [9.17, 15) is 4.79 Å². The van der Waals surface area contributed by atoms with Gasteiger partial charge in [-0.1, -0.05) is 20.8 Å². The van der Waals surface area contributed by atoms with Crippen LogP contribution in [0.2, 0.25) is 0 Å². The summed E-state index contributed by atoms with van der Waals surface area (Å²) < 4.78 is 0. The summed E-state index contributed by atoms with van der Waals surface area (Å²) in [5, 5.41) is 3.78. The Labute approximate surface area is 112 Å². The van der Waals surface area contributed by atoms with E-state index in [2.05, 4.69) is 20.3 Å². The summed E-state index contributed by atoms with van der Waals surface area (Å²) >= 11 is 0. The highest BCUT2D eigenvalue weighted by Gasteiger charge is 2.18. The number of carbonyl (C=O) groups excluding carboxylic acids is 1. The Morgan fingerprint density at radius 2 is 2.00 bits per heavy atom. The van der Waals surface area contributed by atoms with Gasteiger partial charge in [-0.25, -0.2) is 9.97 Å². The minimum absolute atomic E-state index is 0.0225. The van der Waals surface area contributed by atoms with Crippen molar-refractivity contribution in [2.75, 3.05) is 5.32 Å². The predicted molar refractivity (Wildman–Crippen MR) is 76.1 cm³/mol. The van der Waals surface area contributed by atoms with Crippen LogP contribution in [-0.4, -0.2) is 20.9 Å². The Kier molecular flexibility index (Phi) is 3.30. The molecule has 0 spiro atoms. The van der Waals surface area contributed by atoms with E-state index < -0.39 is 0 Å². The van der Waals surface area contributed by atoms with Gasteiger partial charge in [0.25, 0.3) is 0 Å². The molecule has 0 saturated heterocycles. The number of aromatic nitrogens is 3. The lowest BCUT2D eigenvalue weighted by atomic mass is 9.92. The molecule has 2 heterocycles. The minimum Gasteiger partial charge on any atom is -0.343 e. The van der Waals surface area contributed by atoms with Crippen molar-refractivity contribution in [1.29, 1.82) is 0 Å². The lowest BCUT2D eigenvalue weighted by Crippen LogP contribution is -2.20. The van der Waals surface area contributed by atoms with Gasteiger partial charge >= 0.3 is 0 Å². The van der Waals surface area contributed by atoms with Crippen LogP contribution in [-0.2, 0) is 4.79 Å². The highest BCUT2D eigenvalue weighted by Crippen LogP contribution is 2.26. The standard InChI is InChI=1S/C14H20N4O/c1-8-9(2)17-12-11(8)13(16-7-15-12)18-10(19)6-14(3,4)5/h7H,6H2,1-5H3,(H2,15,16,17,18,19). The number of fused-ring (bicyclic) bond motifs is 1. The largest absolute Gasteiger partial charge is 0.343 e. The molecule has 2 rings (SSSR count). The molecule has 2 aromatic heterocycles. The number of rotatable bonds is 2. The number of nitrogens with one attached hydrogen (secondary N) is 2. The molecule has 0 fully saturated rings. The summed E-state index contributed by atoms with van der Waals surface area (Å²) in [6.45, 7) is 10.1. The van der Waals surface area contributed by atoms with E-state index >= 15 is 0 Å². The van der Waals surface area contributed by atoms with Crippen molar-refractivity contribution in [3.05, 3.63) is 17.6 Å². The van der Waals surface area contributed by atoms with E-state index in [-0.39, 0.29) is 11.3 Å². The van der Waals surface area contributed by atoms with E-state index in [0.29, 0.717) is 12.2 Å². The Balaban J connectivity index is 2.33. The maximum atomic E-state index is 12.0. The first-order valence-electron chi connectivity index (χ1n) is 6.37. The molecule has 2 aromatic rings. The molecular weight excluding hydrogens is 240 g/mol. The normalized spacial score (nSPS) is 11.8. The van der Waals surface area contributed by atoms with Crippen LogP contribution in [0.3, 0.4) is 0 Å². The molecule has 5 heteroatoms. The minimum atomic E-state index is -0.0423. The van der Waals surface area contributed by atoms with Gasteiger partial charge in [-0.15, -0.1) is 0 Å². The van der Waals surface area contributed by atoms with Gasteiger partial charge in [-0.2, -0.15) is 0 Å². The van der Waals surface area contributed by atoms with Crippen LogP contribution in [0.25, 0.3) is 11.0 Å². The van der Waals surface area contributed by atoms with Crippen LogP contribution in [0.1, 0.15) is 38.4 Å². The molecule has 0 bridgehead atoms. The molecule has 102 valence electrons. The highest BCUT2D eigenvalue weighted by molar-refractivity contribution is 6.00. The van der Waals surface area contributed by atoms with Gasteiger partial charge < -0.3 is 10.3 Å². The second kappa shape index (κ2) is 4.64. The molecule has 19 heavy (non-hydrogen) atoms. The average molecular weight is 260 g/mol. The van der Waals surface area contributed by atoms with Crippen molar-refractivity contribution in [3.8, 4) is 0 Å². The number of anilines is 1. The molecule has 0 aromatic carbocycles. The summed E-state index contributed by atoms with van der Waals surface area (Å²) in [5.41, 5.74) is 2.83. The van der Waals surface area contributed by atoms with Gasteiger partial charge in [0.2, 0.25) is 5.91 Å². The molecule has 0 aliphatic heterocycles. The van der Waals surface area contributed by atoms with Crippen molar-refractivity contribution in [2.45, 2.75) is 41.0 Å². The van der Waals surface area contributed by atoms with Gasteiger partial charge in [-0.3, -0.25) is 4.79 Å². The number of amides is 1. The molecular formula is C14H20N4O. The number of H-pyrrole nitrogens is 1. The molecule has 0 aliphatic rings. The van der Waals surface area contributed by atoms with Crippen molar-refractivity contribution in [2.24, 2.45) is 5.41 Å². The second-order valence-electron chi connectivity index (χ2n) is 6.11. The molecule has 5 nitrogen and oxygen atoms in total. The Morgan fingerprint density at radius 3 is 2.63 bits per heavy atom. The van der Waals surface area contributed by atoms with E-state index in [1.165, 1.54) is 6.33 Å². The fraction of sp³-hybridized carbons (Fsp3) is 0.500. The topological polar surface area (TPSA) is 70.7 Å². The fourth-order valence-corrected chi connectivity index (χ4v) is 2.05. The zero-order valence-electron chi connectivity index (χ0n) is 12.1. The van der Waals surface area contributed by atoms with E-state index in [1.807, 2.05) is 34.6 Å². The third-order valence-corrected chi connectivity index (χ3v) is 3.04. The van der Waals surface area contributed by atoms with Crippen molar-refractivity contribution >= 4 is 22.8 Å². The molecule has 0 radical (unpaired) electrons. The summed E-state index contributed by atoms with van der Waals surface area (Å²) in [7, 11) is 0. The van der Waals surface area contributed by atoms with Crippen LogP contribution < -0.4 is 5.32 Å². The fourth-order valence-electron chi connectivity index (χ4n) is 2.05. The van der Waals surface area contributed by atoms with Crippen LogP contribution in [0.4, 0.5) is 5.82 Å². The van der Waals surface area contributed by atoms with Crippen LogP contribution in [0.5, 0.6) is 0 Å². The lowest BCUT2D eigenvalue weighted by Gasteiger charge is -2.17. The lowest BCUT2D eigenvalue weighted by molar-refractivity contribution is -0.117. The molecule has 0 aliphatic carbocycles. The van der Waals surface area contributed by atoms with Crippen LogP contribution in [0.15, 0.2) is 6.33 Å². The Hall–Kier alpha value is -1.91. The quantitative estimate of drug-likeness (QED) is 0.872.